The van der Waals surface area contributed by atoms with Crippen molar-refractivity contribution in [2.24, 2.45) is 16.6 Å². The van der Waals surface area contributed by atoms with E-state index in [1.807, 2.05) is 7.05 Å². The molecule has 2 saturated carbocycles. The molecule has 0 amide bonds. The first kappa shape index (κ1) is 14.6. The van der Waals surface area contributed by atoms with Crippen molar-refractivity contribution in [1.29, 1.82) is 0 Å². The van der Waals surface area contributed by atoms with E-state index in [4.69, 9.17) is 10.5 Å². The fourth-order valence-electron chi connectivity index (χ4n) is 3.07. The minimum Gasteiger partial charge on any atom is -0.378 e. The first-order valence-corrected chi connectivity index (χ1v) is 7.86. The maximum absolute atomic E-state index is 6.01. The van der Waals surface area contributed by atoms with Crippen molar-refractivity contribution in [3.8, 4) is 0 Å². The molecule has 2 aliphatic carbocycles. The Kier molecular flexibility index (Phi) is 5.49. The van der Waals surface area contributed by atoms with Crippen LogP contribution in [0.2, 0.25) is 0 Å². The van der Waals surface area contributed by atoms with Gasteiger partial charge in [0.25, 0.3) is 0 Å². The topological polar surface area (TPSA) is 50.9 Å². The first-order chi connectivity index (χ1) is 9.22. The van der Waals surface area contributed by atoms with Gasteiger partial charge in [-0.2, -0.15) is 0 Å². The van der Waals surface area contributed by atoms with Crippen molar-refractivity contribution < 1.29 is 4.74 Å². The van der Waals surface area contributed by atoms with Gasteiger partial charge in [0.15, 0.2) is 5.96 Å². The number of rotatable bonds is 7. The van der Waals surface area contributed by atoms with E-state index in [0.717, 1.165) is 25.5 Å². The van der Waals surface area contributed by atoms with Crippen LogP contribution in [0.1, 0.15) is 51.9 Å². The number of nitrogens with two attached hydrogens (primary N) is 1. The molecule has 2 fully saturated rings. The molecule has 0 radical (unpaired) electrons. The van der Waals surface area contributed by atoms with Crippen molar-refractivity contribution >= 4 is 5.96 Å². The lowest BCUT2D eigenvalue weighted by atomic mass is 9.98. The molecule has 0 bridgehead atoms. The number of ether oxygens (including phenoxy) is 1. The van der Waals surface area contributed by atoms with Gasteiger partial charge in [-0.25, -0.2) is 0 Å². The smallest absolute Gasteiger partial charge is 0.191 e. The van der Waals surface area contributed by atoms with Crippen LogP contribution in [-0.2, 0) is 4.74 Å². The molecular weight excluding hydrogens is 238 g/mol. The fraction of sp³-hybridized carbons (Fsp3) is 0.933. The Morgan fingerprint density at radius 1 is 1.32 bits per heavy atom. The molecule has 0 heterocycles. The van der Waals surface area contributed by atoms with Gasteiger partial charge >= 0.3 is 0 Å². The summed E-state index contributed by atoms with van der Waals surface area (Å²) >= 11 is 0. The van der Waals surface area contributed by atoms with Crippen molar-refractivity contribution in [2.45, 2.75) is 64.0 Å². The lowest BCUT2D eigenvalue weighted by Gasteiger charge is -2.23. The van der Waals surface area contributed by atoms with E-state index in [0.29, 0.717) is 18.1 Å². The molecule has 4 heteroatoms. The van der Waals surface area contributed by atoms with Gasteiger partial charge in [-0.15, -0.1) is 0 Å². The van der Waals surface area contributed by atoms with Gasteiger partial charge in [0.2, 0.25) is 0 Å². The van der Waals surface area contributed by atoms with Crippen molar-refractivity contribution in [3.63, 3.8) is 0 Å². The zero-order valence-corrected chi connectivity index (χ0v) is 12.5. The molecular formula is C15H29N3O. The quantitative estimate of drug-likeness (QED) is 0.569. The Hall–Kier alpha value is -0.770. The monoisotopic (exact) mass is 267 g/mol. The second kappa shape index (κ2) is 7.13. The third-order valence-electron chi connectivity index (χ3n) is 4.45. The summed E-state index contributed by atoms with van der Waals surface area (Å²) in [7, 11) is 2.05. The standard InChI is InChI=1S/C15H29N3O/c1-3-19-14(12-6-4-5-7-12)10-11-17-15(16)18(2)13-8-9-13/h12-14H,3-11H2,1-2H3,(H2,16,17). The Bertz CT molecular complexity index is 296. The van der Waals surface area contributed by atoms with Crippen molar-refractivity contribution in [3.05, 3.63) is 0 Å². The maximum Gasteiger partial charge on any atom is 0.191 e. The fourth-order valence-corrected chi connectivity index (χ4v) is 3.07. The Balaban J connectivity index is 1.75. The van der Waals surface area contributed by atoms with Crippen LogP contribution in [0.25, 0.3) is 0 Å². The SMILES string of the molecule is CCOC(CCN=C(N)N(C)C1CC1)C1CCCC1. The predicted molar refractivity (Wildman–Crippen MR) is 79.3 cm³/mol. The van der Waals surface area contributed by atoms with E-state index < -0.39 is 0 Å². The van der Waals surface area contributed by atoms with E-state index in [9.17, 15) is 0 Å². The second-order valence-electron chi connectivity index (χ2n) is 5.91. The van der Waals surface area contributed by atoms with Gasteiger partial charge in [0.1, 0.15) is 0 Å². The summed E-state index contributed by atoms with van der Waals surface area (Å²) in [5, 5.41) is 0. The molecule has 0 spiro atoms. The second-order valence-corrected chi connectivity index (χ2v) is 5.91. The van der Waals surface area contributed by atoms with Crippen LogP contribution in [-0.4, -0.2) is 43.2 Å². The summed E-state index contributed by atoms with van der Waals surface area (Å²) in [5.74, 6) is 1.45. The van der Waals surface area contributed by atoms with Gasteiger partial charge < -0.3 is 15.4 Å². The van der Waals surface area contributed by atoms with Crippen LogP contribution in [0.4, 0.5) is 0 Å². The number of guanidine groups is 1. The third-order valence-corrected chi connectivity index (χ3v) is 4.45. The highest BCUT2D eigenvalue weighted by Crippen LogP contribution is 2.30. The summed E-state index contributed by atoms with van der Waals surface area (Å²) < 4.78 is 5.90. The highest BCUT2D eigenvalue weighted by molar-refractivity contribution is 5.78. The molecule has 2 rings (SSSR count). The minimum atomic E-state index is 0.385. The zero-order valence-electron chi connectivity index (χ0n) is 12.5. The van der Waals surface area contributed by atoms with Gasteiger partial charge in [-0.1, -0.05) is 12.8 Å². The van der Waals surface area contributed by atoms with Gasteiger partial charge in [0, 0.05) is 26.2 Å². The Labute approximate surface area is 117 Å². The van der Waals surface area contributed by atoms with E-state index in [1.54, 1.807) is 0 Å². The van der Waals surface area contributed by atoms with Crippen LogP contribution < -0.4 is 5.73 Å². The first-order valence-electron chi connectivity index (χ1n) is 7.86. The lowest BCUT2D eigenvalue weighted by molar-refractivity contribution is 0.0177. The Morgan fingerprint density at radius 2 is 2.00 bits per heavy atom. The molecule has 0 aromatic rings. The average Bonchev–Trinajstić information content (AvgIpc) is 3.12. The third kappa shape index (κ3) is 4.37. The predicted octanol–water partition coefficient (Wildman–Crippen LogP) is 2.38. The number of hydrogen-bond donors (Lipinski definition) is 1. The molecule has 4 nitrogen and oxygen atoms in total. The van der Waals surface area contributed by atoms with Gasteiger partial charge in [0.05, 0.1) is 6.10 Å². The Morgan fingerprint density at radius 3 is 2.58 bits per heavy atom. The van der Waals surface area contributed by atoms with Crippen molar-refractivity contribution in [1.82, 2.24) is 4.90 Å². The van der Waals surface area contributed by atoms with Gasteiger partial charge in [-0.05, 0) is 44.9 Å². The number of hydrogen-bond acceptors (Lipinski definition) is 2. The highest BCUT2D eigenvalue weighted by Gasteiger charge is 2.28. The summed E-state index contributed by atoms with van der Waals surface area (Å²) in [6, 6.07) is 0.640. The van der Waals surface area contributed by atoms with E-state index >= 15 is 0 Å². The summed E-state index contributed by atoms with van der Waals surface area (Å²) in [4.78, 5) is 6.64. The molecule has 0 aromatic heterocycles. The number of aliphatic imine (C=N–C) groups is 1. The summed E-state index contributed by atoms with van der Waals surface area (Å²) in [5.41, 5.74) is 6.01. The minimum absolute atomic E-state index is 0.385. The molecule has 19 heavy (non-hydrogen) atoms. The van der Waals surface area contributed by atoms with Crippen LogP contribution in [0.15, 0.2) is 4.99 Å². The van der Waals surface area contributed by atoms with Crippen molar-refractivity contribution in [2.75, 3.05) is 20.2 Å². The van der Waals surface area contributed by atoms with Crippen LogP contribution >= 0.6 is 0 Å². The lowest BCUT2D eigenvalue weighted by Crippen LogP contribution is -2.36. The number of nitrogens with zero attached hydrogens (tertiary/aromatic N) is 2. The van der Waals surface area contributed by atoms with E-state index in [-0.39, 0.29) is 0 Å². The zero-order chi connectivity index (χ0) is 13.7. The molecule has 110 valence electrons. The summed E-state index contributed by atoms with van der Waals surface area (Å²) in [6.45, 7) is 3.69. The summed E-state index contributed by atoms with van der Waals surface area (Å²) in [6.07, 6.45) is 9.30. The highest BCUT2D eigenvalue weighted by atomic mass is 16.5. The maximum atomic E-state index is 6.01. The molecule has 2 N–H and O–H groups in total. The van der Waals surface area contributed by atoms with Gasteiger partial charge in [-0.3, -0.25) is 4.99 Å². The molecule has 2 aliphatic rings. The van der Waals surface area contributed by atoms with E-state index in [2.05, 4.69) is 16.8 Å². The van der Waals surface area contributed by atoms with E-state index in [1.165, 1.54) is 38.5 Å². The normalized spacial score (nSPS) is 22.7. The van der Waals surface area contributed by atoms with Crippen LogP contribution in [0, 0.1) is 5.92 Å². The van der Waals surface area contributed by atoms with Crippen LogP contribution in [0.5, 0.6) is 0 Å². The van der Waals surface area contributed by atoms with Crippen LogP contribution in [0.3, 0.4) is 0 Å². The molecule has 0 aromatic carbocycles. The molecule has 0 saturated heterocycles. The largest absolute Gasteiger partial charge is 0.378 e. The molecule has 0 aliphatic heterocycles. The molecule has 1 atom stereocenters. The average molecular weight is 267 g/mol. The molecule has 1 unspecified atom stereocenters.